The molecule has 4 heteroatoms. The van der Waals surface area contributed by atoms with Crippen molar-refractivity contribution in [2.45, 2.75) is 6.42 Å². The summed E-state index contributed by atoms with van der Waals surface area (Å²) in [6, 6.07) is 6.80. The minimum atomic E-state index is 0.0170. The van der Waals surface area contributed by atoms with Crippen LogP contribution in [0.5, 0.6) is 5.75 Å². The van der Waals surface area contributed by atoms with Crippen molar-refractivity contribution in [3.05, 3.63) is 24.3 Å². The van der Waals surface area contributed by atoms with Crippen molar-refractivity contribution in [3.63, 3.8) is 0 Å². The number of benzene rings is 1. The molecule has 0 atom stereocenters. The molecule has 1 aliphatic rings. The summed E-state index contributed by atoms with van der Waals surface area (Å²) in [5, 5.41) is 10.9. The van der Waals surface area contributed by atoms with Crippen LogP contribution in [0, 0.1) is 0 Å². The Morgan fingerprint density at radius 3 is 2.92 bits per heavy atom. The van der Waals surface area contributed by atoms with E-state index >= 15 is 0 Å². The number of carbonyl (C=O) groups is 1. The lowest BCUT2D eigenvalue weighted by Crippen LogP contribution is -2.32. The summed E-state index contributed by atoms with van der Waals surface area (Å²) in [5.41, 5.74) is 3.49. The van der Waals surface area contributed by atoms with Crippen molar-refractivity contribution >= 4 is 11.6 Å². The van der Waals surface area contributed by atoms with E-state index in [0.717, 1.165) is 5.69 Å². The Morgan fingerprint density at radius 2 is 2.31 bits per heavy atom. The molecule has 1 heterocycles. The topological polar surface area (TPSA) is 52.6 Å². The van der Waals surface area contributed by atoms with E-state index in [1.165, 1.54) is 0 Å². The highest BCUT2D eigenvalue weighted by atomic mass is 16.3. The molecule has 2 N–H and O–H groups in total. The fraction of sp³-hybridized carbons (Fsp3) is 0.222. The largest absolute Gasteiger partial charge is 0.508 e. The standard InChI is InChI=1S/C9H10N2O2/c12-8-3-1-2-7(6-8)11-5-4-9(13)10-11/h1-3,6,12H,4-5H2,(H,10,13). The third-order valence-electron chi connectivity index (χ3n) is 1.96. The molecule has 0 aliphatic carbocycles. The van der Waals surface area contributed by atoms with Crippen molar-refractivity contribution in [2.75, 3.05) is 11.6 Å². The van der Waals surface area contributed by atoms with Gasteiger partial charge in [-0.15, -0.1) is 0 Å². The summed E-state index contributed by atoms with van der Waals surface area (Å²) < 4.78 is 0. The lowest BCUT2D eigenvalue weighted by atomic mass is 10.3. The van der Waals surface area contributed by atoms with E-state index in [2.05, 4.69) is 5.43 Å². The van der Waals surface area contributed by atoms with Gasteiger partial charge < -0.3 is 5.11 Å². The number of carbonyl (C=O) groups excluding carboxylic acids is 1. The molecule has 1 aliphatic heterocycles. The van der Waals surface area contributed by atoms with Crippen molar-refractivity contribution < 1.29 is 9.90 Å². The van der Waals surface area contributed by atoms with Crippen LogP contribution in [-0.2, 0) is 4.79 Å². The van der Waals surface area contributed by atoms with Gasteiger partial charge in [0.1, 0.15) is 5.75 Å². The second-order valence-electron chi connectivity index (χ2n) is 2.96. The molecule has 1 aromatic carbocycles. The minimum Gasteiger partial charge on any atom is -0.508 e. The summed E-state index contributed by atoms with van der Waals surface area (Å²) in [6.07, 6.45) is 0.510. The van der Waals surface area contributed by atoms with Crippen LogP contribution >= 0.6 is 0 Å². The van der Waals surface area contributed by atoms with Gasteiger partial charge in [-0.2, -0.15) is 0 Å². The number of aromatic hydroxyl groups is 1. The number of hydrazine groups is 1. The van der Waals surface area contributed by atoms with Crippen LogP contribution in [0.1, 0.15) is 6.42 Å². The van der Waals surface area contributed by atoms with Crippen molar-refractivity contribution in [1.82, 2.24) is 5.43 Å². The van der Waals surface area contributed by atoms with Crippen LogP contribution < -0.4 is 10.4 Å². The molecule has 0 unspecified atom stereocenters. The van der Waals surface area contributed by atoms with Crippen molar-refractivity contribution in [3.8, 4) is 5.75 Å². The fourth-order valence-electron chi connectivity index (χ4n) is 1.33. The SMILES string of the molecule is O=C1CCN(c2cccc(O)c2)N1. The molecule has 0 radical (unpaired) electrons. The van der Waals surface area contributed by atoms with Gasteiger partial charge in [0.2, 0.25) is 5.91 Å². The summed E-state index contributed by atoms with van der Waals surface area (Å²) >= 11 is 0. The lowest BCUT2D eigenvalue weighted by Gasteiger charge is -2.16. The third kappa shape index (κ3) is 1.56. The number of anilines is 1. The maximum atomic E-state index is 10.9. The molecule has 1 aromatic rings. The average Bonchev–Trinajstić information content (AvgIpc) is 2.52. The summed E-state index contributed by atoms with van der Waals surface area (Å²) in [5.74, 6) is 0.224. The maximum Gasteiger partial charge on any atom is 0.240 e. The first-order valence-corrected chi connectivity index (χ1v) is 4.12. The predicted molar refractivity (Wildman–Crippen MR) is 48.2 cm³/mol. The number of hydrogen-bond donors (Lipinski definition) is 2. The van der Waals surface area contributed by atoms with Crippen molar-refractivity contribution in [2.24, 2.45) is 0 Å². The lowest BCUT2D eigenvalue weighted by molar-refractivity contribution is -0.119. The zero-order chi connectivity index (χ0) is 9.26. The van der Waals surface area contributed by atoms with Crippen molar-refractivity contribution in [1.29, 1.82) is 0 Å². The normalized spacial score (nSPS) is 16.0. The van der Waals surface area contributed by atoms with E-state index in [9.17, 15) is 9.90 Å². The average molecular weight is 178 g/mol. The van der Waals surface area contributed by atoms with E-state index in [1.807, 2.05) is 6.07 Å². The molecule has 0 bridgehead atoms. The van der Waals surface area contributed by atoms with Gasteiger partial charge in [0.15, 0.2) is 0 Å². The number of phenolic OH excluding ortho intramolecular Hbond substituents is 1. The Morgan fingerprint density at radius 1 is 1.46 bits per heavy atom. The number of phenols is 1. The quantitative estimate of drug-likeness (QED) is 0.663. The molecule has 0 spiro atoms. The summed E-state index contributed by atoms with van der Waals surface area (Å²) in [4.78, 5) is 10.9. The number of rotatable bonds is 1. The smallest absolute Gasteiger partial charge is 0.240 e. The molecule has 2 rings (SSSR count). The molecule has 1 amide bonds. The van der Waals surface area contributed by atoms with Crippen LogP contribution in [0.3, 0.4) is 0 Å². The Labute approximate surface area is 75.8 Å². The molecule has 68 valence electrons. The monoisotopic (exact) mass is 178 g/mol. The number of amides is 1. The van der Waals surface area contributed by atoms with Gasteiger partial charge in [-0.25, -0.2) is 0 Å². The van der Waals surface area contributed by atoms with Crippen LogP contribution in [0.15, 0.2) is 24.3 Å². The Kier molecular flexibility index (Phi) is 1.81. The second-order valence-corrected chi connectivity index (χ2v) is 2.96. The zero-order valence-electron chi connectivity index (χ0n) is 7.03. The first kappa shape index (κ1) is 7.91. The summed E-state index contributed by atoms with van der Waals surface area (Å²) in [6.45, 7) is 0.655. The van der Waals surface area contributed by atoms with Crippen LogP contribution in [0.2, 0.25) is 0 Å². The maximum absolute atomic E-state index is 10.9. The van der Waals surface area contributed by atoms with Gasteiger partial charge in [-0.3, -0.25) is 15.2 Å². The Bertz CT molecular complexity index is 338. The molecular formula is C9H10N2O2. The zero-order valence-corrected chi connectivity index (χ0v) is 7.03. The number of nitrogens with one attached hydrogen (secondary N) is 1. The Balaban J connectivity index is 2.21. The van der Waals surface area contributed by atoms with E-state index < -0.39 is 0 Å². The van der Waals surface area contributed by atoms with E-state index in [1.54, 1.807) is 23.2 Å². The molecule has 0 saturated carbocycles. The molecule has 1 fully saturated rings. The van der Waals surface area contributed by atoms with Gasteiger partial charge >= 0.3 is 0 Å². The van der Waals surface area contributed by atoms with Crippen LogP contribution in [0.25, 0.3) is 0 Å². The molecule has 13 heavy (non-hydrogen) atoms. The van der Waals surface area contributed by atoms with Crippen LogP contribution in [-0.4, -0.2) is 17.6 Å². The number of nitrogens with zero attached hydrogens (tertiary/aromatic N) is 1. The van der Waals surface area contributed by atoms with Gasteiger partial charge in [-0.05, 0) is 12.1 Å². The fourth-order valence-corrected chi connectivity index (χ4v) is 1.33. The molecule has 0 aromatic heterocycles. The first-order chi connectivity index (χ1) is 6.25. The molecular weight excluding hydrogens is 168 g/mol. The van der Waals surface area contributed by atoms with Gasteiger partial charge in [0.25, 0.3) is 0 Å². The van der Waals surface area contributed by atoms with E-state index in [0.29, 0.717) is 13.0 Å². The minimum absolute atomic E-state index is 0.0170. The van der Waals surface area contributed by atoms with Crippen LogP contribution in [0.4, 0.5) is 5.69 Å². The Hall–Kier alpha value is -1.71. The highest BCUT2D eigenvalue weighted by Gasteiger charge is 2.18. The highest BCUT2D eigenvalue weighted by Crippen LogP contribution is 2.20. The third-order valence-corrected chi connectivity index (χ3v) is 1.96. The summed E-state index contributed by atoms with van der Waals surface area (Å²) in [7, 11) is 0. The van der Waals surface area contributed by atoms with Gasteiger partial charge in [-0.1, -0.05) is 6.07 Å². The van der Waals surface area contributed by atoms with Gasteiger partial charge in [0, 0.05) is 19.0 Å². The highest BCUT2D eigenvalue weighted by molar-refractivity contribution is 5.81. The second kappa shape index (κ2) is 2.97. The van der Waals surface area contributed by atoms with E-state index in [-0.39, 0.29) is 11.7 Å². The molecule has 1 saturated heterocycles. The van der Waals surface area contributed by atoms with E-state index in [4.69, 9.17) is 0 Å². The number of hydrogen-bond acceptors (Lipinski definition) is 3. The predicted octanol–water partition coefficient (Wildman–Crippen LogP) is 0.634. The first-order valence-electron chi connectivity index (χ1n) is 4.12. The van der Waals surface area contributed by atoms with Gasteiger partial charge in [0.05, 0.1) is 5.69 Å². The molecule has 4 nitrogen and oxygen atoms in total.